The first-order valence-electron chi connectivity index (χ1n) is 4.93. The van der Waals surface area contributed by atoms with Crippen molar-refractivity contribution in [1.82, 2.24) is 15.1 Å². The lowest BCUT2D eigenvalue weighted by Crippen LogP contribution is -2.25. The van der Waals surface area contributed by atoms with Gasteiger partial charge in [0, 0.05) is 25.4 Å². The van der Waals surface area contributed by atoms with E-state index in [1.165, 1.54) is 0 Å². The Hall–Kier alpha value is -1.32. The average Bonchev–Trinajstić information content (AvgIpc) is 2.45. The van der Waals surface area contributed by atoms with Gasteiger partial charge in [-0.1, -0.05) is 13.3 Å². The Balaban J connectivity index is 2.56. The van der Waals surface area contributed by atoms with E-state index >= 15 is 0 Å². The number of aryl methyl sites for hydroxylation is 2. The quantitative estimate of drug-likeness (QED) is 0.735. The standard InChI is InChI=1S/C10H17N3O/c1-4-5-6-11-10(14)9-8(2)7-13(3)12-9/h7H,4-6H2,1-3H3,(H,11,14). The lowest BCUT2D eigenvalue weighted by atomic mass is 10.2. The van der Waals surface area contributed by atoms with Crippen LogP contribution in [0.2, 0.25) is 0 Å². The van der Waals surface area contributed by atoms with Crippen LogP contribution in [-0.4, -0.2) is 22.2 Å². The monoisotopic (exact) mass is 195 g/mol. The molecular formula is C10H17N3O. The fourth-order valence-electron chi connectivity index (χ4n) is 1.29. The molecule has 78 valence electrons. The molecule has 14 heavy (non-hydrogen) atoms. The minimum atomic E-state index is -0.0726. The maximum absolute atomic E-state index is 11.6. The first kappa shape index (κ1) is 10.8. The molecule has 4 heteroatoms. The maximum Gasteiger partial charge on any atom is 0.272 e. The number of carbonyl (C=O) groups is 1. The number of carbonyl (C=O) groups excluding carboxylic acids is 1. The van der Waals surface area contributed by atoms with E-state index in [0.717, 1.165) is 24.9 Å². The van der Waals surface area contributed by atoms with E-state index < -0.39 is 0 Å². The molecular weight excluding hydrogens is 178 g/mol. The van der Waals surface area contributed by atoms with E-state index in [9.17, 15) is 4.79 Å². The lowest BCUT2D eigenvalue weighted by molar-refractivity contribution is 0.0947. The fraction of sp³-hybridized carbons (Fsp3) is 0.600. The van der Waals surface area contributed by atoms with Crippen molar-refractivity contribution in [2.45, 2.75) is 26.7 Å². The van der Waals surface area contributed by atoms with Crippen LogP contribution in [0.1, 0.15) is 35.8 Å². The summed E-state index contributed by atoms with van der Waals surface area (Å²) < 4.78 is 1.66. The number of nitrogens with zero attached hydrogens (tertiary/aromatic N) is 2. The Labute approximate surface area is 84.3 Å². The highest BCUT2D eigenvalue weighted by molar-refractivity contribution is 5.93. The van der Waals surface area contributed by atoms with Crippen LogP contribution in [0, 0.1) is 6.92 Å². The Morgan fingerprint density at radius 3 is 2.86 bits per heavy atom. The molecule has 0 radical (unpaired) electrons. The molecule has 1 heterocycles. The van der Waals surface area contributed by atoms with Crippen molar-refractivity contribution in [3.8, 4) is 0 Å². The van der Waals surface area contributed by atoms with Gasteiger partial charge in [-0.25, -0.2) is 0 Å². The molecule has 0 saturated carbocycles. The summed E-state index contributed by atoms with van der Waals surface area (Å²) in [4.78, 5) is 11.6. The molecule has 0 atom stereocenters. The van der Waals surface area contributed by atoms with Gasteiger partial charge >= 0.3 is 0 Å². The van der Waals surface area contributed by atoms with Gasteiger partial charge in [-0.3, -0.25) is 9.48 Å². The van der Waals surface area contributed by atoms with Gasteiger partial charge in [-0.15, -0.1) is 0 Å². The van der Waals surface area contributed by atoms with Crippen LogP contribution in [0.15, 0.2) is 6.20 Å². The third-order valence-corrected chi connectivity index (χ3v) is 2.04. The number of nitrogens with one attached hydrogen (secondary N) is 1. The van der Waals surface area contributed by atoms with Gasteiger partial charge < -0.3 is 5.32 Å². The zero-order chi connectivity index (χ0) is 10.6. The first-order chi connectivity index (χ1) is 6.65. The Morgan fingerprint density at radius 2 is 2.36 bits per heavy atom. The molecule has 4 nitrogen and oxygen atoms in total. The van der Waals surface area contributed by atoms with Crippen LogP contribution in [0.3, 0.4) is 0 Å². The summed E-state index contributed by atoms with van der Waals surface area (Å²) >= 11 is 0. The summed E-state index contributed by atoms with van der Waals surface area (Å²) in [6.45, 7) is 4.71. The van der Waals surface area contributed by atoms with Crippen molar-refractivity contribution in [3.05, 3.63) is 17.5 Å². The van der Waals surface area contributed by atoms with Gasteiger partial charge in [0.15, 0.2) is 5.69 Å². The Morgan fingerprint density at radius 1 is 1.64 bits per heavy atom. The van der Waals surface area contributed by atoms with Crippen LogP contribution >= 0.6 is 0 Å². The molecule has 0 fully saturated rings. The van der Waals surface area contributed by atoms with Gasteiger partial charge in [0.05, 0.1) is 0 Å². The molecule has 0 spiro atoms. The Kier molecular flexibility index (Phi) is 3.68. The van der Waals surface area contributed by atoms with E-state index in [1.54, 1.807) is 4.68 Å². The maximum atomic E-state index is 11.6. The minimum Gasteiger partial charge on any atom is -0.351 e. The molecule has 0 aliphatic carbocycles. The molecule has 1 aromatic heterocycles. The topological polar surface area (TPSA) is 46.9 Å². The molecule has 0 unspecified atom stereocenters. The van der Waals surface area contributed by atoms with E-state index in [-0.39, 0.29) is 5.91 Å². The molecule has 1 aromatic rings. The summed E-state index contributed by atoms with van der Waals surface area (Å²) in [6.07, 6.45) is 3.94. The van der Waals surface area contributed by atoms with Crippen molar-refractivity contribution in [1.29, 1.82) is 0 Å². The molecule has 1 N–H and O–H groups in total. The molecule has 0 aromatic carbocycles. The number of amides is 1. The van der Waals surface area contributed by atoms with Crippen molar-refractivity contribution in [2.24, 2.45) is 7.05 Å². The van der Waals surface area contributed by atoms with E-state index in [0.29, 0.717) is 5.69 Å². The van der Waals surface area contributed by atoms with Crippen LogP contribution in [0.25, 0.3) is 0 Å². The molecule has 0 saturated heterocycles. The number of rotatable bonds is 4. The molecule has 1 rings (SSSR count). The summed E-state index contributed by atoms with van der Waals surface area (Å²) in [6, 6.07) is 0. The number of hydrogen-bond donors (Lipinski definition) is 1. The summed E-state index contributed by atoms with van der Waals surface area (Å²) in [5.41, 5.74) is 1.45. The number of hydrogen-bond acceptors (Lipinski definition) is 2. The molecule has 1 amide bonds. The second-order valence-corrected chi connectivity index (χ2v) is 3.44. The van der Waals surface area contributed by atoms with Gasteiger partial charge in [-0.2, -0.15) is 5.10 Å². The van der Waals surface area contributed by atoms with Gasteiger partial charge in [-0.05, 0) is 13.3 Å². The van der Waals surface area contributed by atoms with Crippen molar-refractivity contribution in [2.75, 3.05) is 6.54 Å². The molecule has 0 aliphatic rings. The SMILES string of the molecule is CCCCNC(=O)c1nn(C)cc1C. The van der Waals surface area contributed by atoms with Crippen molar-refractivity contribution >= 4 is 5.91 Å². The Bertz CT molecular complexity index is 317. The van der Waals surface area contributed by atoms with Gasteiger partial charge in [0.25, 0.3) is 5.91 Å². The third-order valence-electron chi connectivity index (χ3n) is 2.04. The average molecular weight is 195 g/mol. The zero-order valence-electron chi connectivity index (χ0n) is 9.00. The number of unbranched alkanes of at least 4 members (excludes halogenated alkanes) is 1. The fourth-order valence-corrected chi connectivity index (χ4v) is 1.29. The van der Waals surface area contributed by atoms with Crippen molar-refractivity contribution < 1.29 is 4.79 Å². The third kappa shape index (κ3) is 2.58. The van der Waals surface area contributed by atoms with Crippen LogP contribution in [0.5, 0.6) is 0 Å². The van der Waals surface area contributed by atoms with Gasteiger partial charge in [0.1, 0.15) is 0 Å². The van der Waals surface area contributed by atoms with Crippen molar-refractivity contribution in [3.63, 3.8) is 0 Å². The summed E-state index contributed by atoms with van der Waals surface area (Å²) in [5, 5.41) is 6.93. The zero-order valence-corrected chi connectivity index (χ0v) is 9.00. The predicted molar refractivity (Wildman–Crippen MR) is 55.2 cm³/mol. The van der Waals surface area contributed by atoms with E-state index in [4.69, 9.17) is 0 Å². The van der Waals surface area contributed by atoms with Crippen LogP contribution < -0.4 is 5.32 Å². The smallest absolute Gasteiger partial charge is 0.272 e. The lowest BCUT2D eigenvalue weighted by Gasteiger charge is -2.01. The highest BCUT2D eigenvalue weighted by atomic mass is 16.1. The largest absolute Gasteiger partial charge is 0.351 e. The van der Waals surface area contributed by atoms with Crippen LogP contribution in [-0.2, 0) is 7.05 Å². The first-order valence-corrected chi connectivity index (χ1v) is 4.93. The summed E-state index contributed by atoms with van der Waals surface area (Å²) in [5.74, 6) is -0.0726. The van der Waals surface area contributed by atoms with Gasteiger partial charge in [0.2, 0.25) is 0 Å². The minimum absolute atomic E-state index is 0.0726. The highest BCUT2D eigenvalue weighted by Crippen LogP contribution is 2.03. The predicted octanol–water partition coefficient (Wildman–Crippen LogP) is 1.26. The normalized spacial score (nSPS) is 10.2. The van der Waals surface area contributed by atoms with Crippen LogP contribution in [0.4, 0.5) is 0 Å². The highest BCUT2D eigenvalue weighted by Gasteiger charge is 2.11. The second-order valence-electron chi connectivity index (χ2n) is 3.44. The molecule has 0 aliphatic heterocycles. The number of aromatic nitrogens is 2. The molecule has 0 bridgehead atoms. The summed E-state index contributed by atoms with van der Waals surface area (Å²) in [7, 11) is 1.82. The van der Waals surface area contributed by atoms with E-state index in [2.05, 4.69) is 17.3 Å². The second kappa shape index (κ2) is 4.79. The van der Waals surface area contributed by atoms with E-state index in [1.807, 2.05) is 20.2 Å².